The van der Waals surface area contributed by atoms with Crippen molar-refractivity contribution in [2.75, 3.05) is 0 Å². The molecule has 2 unspecified atom stereocenters. The highest BCUT2D eigenvalue weighted by Crippen LogP contribution is 2.46. The molecule has 0 aromatic carbocycles. The average Bonchev–Trinajstić information content (AvgIpc) is 2.36. The first-order chi connectivity index (χ1) is 8.60. The van der Waals surface area contributed by atoms with E-state index in [1.165, 1.54) is 0 Å². The largest absolute Gasteiger partial charge is 0.244 e. The average molecular weight is 276 g/mol. The summed E-state index contributed by atoms with van der Waals surface area (Å²) in [6.07, 6.45) is 3.88. The van der Waals surface area contributed by atoms with E-state index in [1.54, 1.807) is 13.8 Å². The van der Waals surface area contributed by atoms with Gasteiger partial charge in [-0.15, -0.1) is 0 Å². The lowest BCUT2D eigenvalue weighted by atomic mass is 9.68. The van der Waals surface area contributed by atoms with Gasteiger partial charge in [-0.3, -0.25) is 0 Å². The lowest BCUT2D eigenvalue weighted by Crippen LogP contribution is -2.41. The highest BCUT2D eigenvalue weighted by atomic mass is 19.1. The summed E-state index contributed by atoms with van der Waals surface area (Å²) in [6.45, 7) is 13.4. The van der Waals surface area contributed by atoms with Gasteiger partial charge >= 0.3 is 0 Å². The second kappa shape index (κ2) is 7.04. The van der Waals surface area contributed by atoms with Gasteiger partial charge in [0.25, 0.3) is 0 Å². The molecule has 0 saturated heterocycles. The van der Waals surface area contributed by atoms with Crippen molar-refractivity contribution in [3.8, 4) is 0 Å². The van der Waals surface area contributed by atoms with Crippen molar-refractivity contribution in [2.24, 2.45) is 11.3 Å². The van der Waals surface area contributed by atoms with Crippen LogP contribution in [0.2, 0.25) is 0 Å². The minimum atomic E-state index is -1.30. The number of rotatable bonds is 9. The van der Waals surface area contributed by atoms with E-state index in [9.17, 15) is 8.78 Å². The Hall–Kier alpha value is -0.140. The number of hydrogen-bond acceptors (Lipinski definition) is 0. The fourth-order valence-corrected chi connectivity index (χ4v) is 3.11. The summed E-state index contributed by atoms with van der Waals surface area (Å²) < 4.78 is 29.7. The van der Waals surface area contributed by atoms with Gasteiger partial charge in [-0.1, -0.05) is 47.5 Å². The Labute approximate surface area is 119 Å². The Bertz CT molecular complexity index is 248. The molecule has 0 amide bonds. The molecule has 0 aromatic rings. The molecule has 0 aromatic heterocycles. The summed E-state index contributed by atoms with van der Waals surface area (Å²) in [4.78, 5) is 0. The summed E-state index contributed by atoms with van der Waals surface area (Å²) in [5.41, 5.74) is -2.90. The Balaban J connectivity index is 4.78. The van der Waals surface area contributed by atoms with Crippen LogP contribution in [-0.4, -0.2) is 11.3 Å². The summed E-state index contributed by atoms with van der Waals surface area (Å²) in [7, 11) is 0. The molecule has 19 heavy (non-hydrogen) atoms. The van der Waals surface area contributed by atoms with E-state index in [-0.39, 0.29) is 11.3 Å². The molecule has 0 saturated carbocycles. The summed E-state index contributed by atoms with van der Waals surface area (Å²) in [5, 5.41) is 0. The molecule has 0 radical (unpaired) electrons. The molecular formula is C17H34F2. The molecule has 0 aliphatic rings. The van der Waals surface area contributed by atoms with Crippen LogP contribution in [-0.2, 0) is 0 Å². The first-order valence-corrected chi connectivity index (χ1v) is 7.98. The molecular weight excluding hydrogens is 242 g/mol. The van der Waals surface area contributed by atoms with Gasteiger partial charge in [0.2, 0.25) is 0 Å². The second-order valence-corrected chi connectivity index (χ2v) is 6.76. The van der Waals surface area contributed by atoms with E-state index >= 15 is 0 Å². The van der Waals surface area contributed by atoms with Crippen molar-refractivity contribution in [1.29, 1.82) is 0 Å². The third-order valence-corrected chi connectivity index (χ3v) is 5.74. The molecule has 0 N–H and O–H groups in total. The van der Waals surface area contributed by atoms with E-state index in [0.717, 1.165) is 25.7 Å². The van der Waals surface area contributed by atoms with Crippen molar-refractivity contribution in [1.82, 2.24) is 0 Å². The van der Waals surface area contributed by atoms with Gasteiger partial charge in [0.05, 0.1) is 0 Å². The van der Waals surface area contributed by atoms with Crippen LogP contribution < -0.4 is 0 Å². The Kier molecular flexibility index (Phi) is 6.99. The zero-order chi connectivity index (χ0) is 15.3. The van der Waals surface area contributed by atoms with Crippen molar-refractivity contribution >= 4 is 0 Å². The molecule has 2 atom stereocenters. The molecule has 116 valence electrons. The zero-order valence-electron chi connectivity index (χ0n) is 14.1. The van der Waals surface area contributed by atoms with Gasteiger partial charge in [0.15, 0.2) is 0 Å². The van der Waals surface area contributed by atoms with Crippen molar-refractivity contribution in [2.45, 2.75) is 98.3 Å². The first-order valence-electron chi connectivity index (χ1n) is 7.98. The Morgan fingerprint density at radius 3 is 1.53 bits per heavy atom. The van der Waals surface area contributed by atoms with Crippen LogP contribution in [0.1, 0.15) is 87.0 Å². The van der Waals surface area contributed by atoms with Crippen LogP contribution in [0, 0.1) is 11.3 Å². The SMILES string of the molecule is CCC(CC)C(C)(F)CCC(C)(F)C(C)(CC)CC. The molecule has 2 heteroatoms. The lowest BCUT2D eigenvalue weighted by molar-refractivity contribution is -0.0190. The smallest absolute Gasteiger partial charge is 0.113 e. The lowest BCUT2D eigenvalue weighted by Gasteiger charge is -2.41. The fourth-order valence-electron chi connectivity index (χ4n) is 3.11. The predicted octanol–water partition coefficient (Wildman–Crippen LogP) is 6.49. The molecule has 0 bridgehead atoms. The normalized spacial score (nSPS) is 19.3. The van der Waals surface area contributed by atoms with Crippen molar-refractivity contribution in [3.63, 3.8) is 0 Å². The van der Waals surface area contributed by atoms with Crippen LogP contribution in [0.25, 0.3) is 0 Å². The van der Waals surface area contributed by atoms with Crippen LogP contribution in [0.5, 0.6) is 0 Å². The van der Waals surface area contributed by atoms with Crippen LogP contribution in [0.4, 0.5) is 8.78 Å². The van der Waals surface area contributed by atoms with E-state index in [4.69, 9.17) is 0 Å². The minimum Gasteiger partial charge on any atom is -0.244 e. The topological polar surface area (TPSA) is 0 Å². The quantitative estimate of drug-likeness (QED) is 0.452. The van der Waals surface area contributed by atoms with Gasteiger partial charge < -0.3 is 0 Å². The van der Waals surface area contributed by atoms with Crippen molar-refractivity contribution < 1.29 is 8.78 Å². The van der Waals surface area contributed by atoms with E-state index in [2.05, 4.69) is 0 Å². The molecule has 0 fully saturated rings. The van der Waals surface area contributed by atoms with Gasteiger partial charge in [0, 0.05) is 5.41 Å². The molecule has 0 aliphatic carbocycles. The molecule has 0 rings (SSSR count). The number of halogens is 2. The summed E-state index contributed by atoms with van der Waals surface area (Å²) >= 11 is 0. The first kappa shape index (κ1) is 18.9. The zero-order valence-corrected chi connectivity index (χ0v) is 14.1. The third-order valence-electron chi connectivity index (χ3n) is 5.74. The molecule has 0 spiro atoms. The Morgan fingerprint density at radius 1 is 0.789 bits per heavy atom. The number of alkyl halides is 2. The maximum Gasteiger partial charge on any atom is 0.113 e. The van der Waals surface area contributed by atoms with E-state index in [0.29, 0.717) is 12.8 Å². The standard InChI is InChI=1S/C17H34F2/c1-8-14(9-2)16(6,18)12-13-17(7,19)15(5,10-3)11-4/h14H,8-13H2,1-7H3. The predicted molar refractivity (Wildman–Crippen MR) is 81.0 cm³/mol. The van der Waals surface area contributed by atoms with Crippen LogP contribution in [0.15, 0.2) is 0 Å². The monoisotopic (exact) mass is 276 g/mol. The molecule has 0 nitrogen and oxygen atoms in total. The van der Waals surface area contributed by atoms with Gasteiger partial charge in [0.1, 0.15) is 11.3 Å². The third kappa shape index (κ3) is 4.43. The van der Waals surface area contributed by atoms with E-state index in [1.807, 2.05) is 34.6 Å². The second-order valence-electron chi connectivity index (χ2n) is 6.76. The maximum absolute atomic E-state index is 15.0. The van der Waals surface area contributed by atoms with Crippen LogP contribution >= 0.6 is 0 Å². The van der Waals surface area contributed by atoms with Crippen molar-refractivity contribution in [3.05, 3.63) is 0 Å². The fraction of sp³-hybridized carbons (Fsp3) is 1.00. The molecule has 0 heterocycles. The number of hydrogen-bond donors (Lipinski definition) is 0. The van der Waals surface area contributed by atoms with Crippen LogP contribution in [0.3, 0.4) is 0 Å². The van der Waals surface area contributed by atoms with Gasteiger partial charge in [-0.25, -0.2) is 8.78 Å². The van der Waals surface area contributed by atoms with Gasteiger partial charge in [-0.2, -0.15) is 0 Å². The Morgan fingerprint density at radius 2 is 1.21 bits per heavy atom. The van der Waals surface area contributed by atoms with E-state index < -0.39 is 11.3 Å². The summed E-state index contributed by atoms with van der Waals surface area (Å²) in [6, 6.07) is 0. The van der Waals surface area contributed by atoms with Gasteiger partial charge in [-0.05, 0) is 45.4 Å². The highest BCUT2D eigenvalue weighted by Gasteiger charge is 2.44. The minimum absolute atomic E-state index is 0.0396. The maximum atomic E-state index is 15.0. The molecule has 0 aliphatic heterocycles. The highest BCUT2D eigenvalue weighted by molar-refractivity contribution is 4.94. The summed E-state index contributed by atoms with van der Waals surface area (Å²) in [5.74, 6) is 0.0396.